The van der Waals surface area contributed by atoms with Gasteiger partial charge in [0.1, 0.15) is 6.33 Å². The quantitative estimate of drug-likeness (QED) is 0.479. The van der Waals surface area contributed by atoms with Gasteiger partial charge in [0.05, 0.1) is 19.1 Å². The third kappa shape index (κ3) is 5.03. The minimum Gasteiger partial charge on any atom is -0.491 e. The van der Waals surface area contributed by atoms with Crippen molar-refractivity contribution in [3.8, 4) is 5.75 Å². The maximum atomic E-state index is 11.9. The van der Waals surface area contributed by atoms with E-state index in [1.165, 1.54) is 5.56 Å². The number of fused-ring (bicyclic) bond motifs is 1. The van der Waals surface area contributed by atoms with Gasteiger partial charge in [-0.3, -0.25) is 4.90 Å². The average Bonchev–Trinajstić information content (AvgIpc) is 3.26. The van der Waals surface area contributed by atoms with E-state index in [1.54, 1.807) is 26.6 Å². The van der Waals surface area contributed by atoms with Crippen LogP contribution < -0.4 is 14.4 Å². The number of piperazine rings is 1. The summed E-state index contributed by atoms with van der Waals surface area (Å²) in [5.41, 5.74) is 3.26. The first-order valence-corrected chi connectivity index (χ1v) is 13.4. The van der Waals surface area contributed by atoms with Crippen LogP contribution in [0.1, 0.15) is 44.4 Å². The molecule has 1 aliphatic rings. The monoisotopic (exact) mass is 486 g/mol. The minimum atomic E-state index is -3.23. The second-order valence-electron chi connectivity index (χ2n) is 8.72. The smallest absolute Gasteiger partial charge is 0.211 e. The Morgan fingerprint density at radius 1 is 1.29 bits per heavy atom. The molecule has 2 unspecified atom stereocenters. The van der Waals surface area contributed by atoms with Crippen LogP contribution in [-0.4, -0.2) is 66.8 Å². The van der Waals surface area contributed by atoms with E-state index in [2.05, 4.69) is 55.6 Å². The van der Waals surface area contributed by atoms with Gasteiger partial charge in [0, 0.05) is 55.4 Å². The van der Waals surface area contributed by atoms with Crippen LogP contribution in [0.4, 0.5) is 5.82 Å². The Morgan fingerprint density at radius 3 is 2.82 bits per heavy atom. The zero-order valence-electron chi connectivity index (χ0n) is 20.3. The maximum Gasteiger partial charge on any atom is 0.211 e. The molecule has 34 heavy (non-hydrogen) atoms. The van der Waals surface area contributed by atoms with Crippen molar-refractivity contribution in [2.75, 3.05) is 37.4 Å². The summed E-state index contributed by atoms with van der Waals surface area (Å²) in [7, 11) is -1.59. The van der Waals surface area contributed by atoms with Gasteiger partial charge in [-0.2, -0.15) is 0 Å². The lowest BCUT2D eigenvalue weighted by molar-refractivity contribution is 0.160. The normalized spacial score (nSPS) is 18.4. The van der Waals surface area contributed by atoms with Crippen LogP contribution >= 0.6 is 0 Å². The molecule has 2 atom stereocenters. The van der Waals surface area contributed by atoms with E-state index < -0.39 is 10.0 Å². The predicted octanol–water partition coefficient (Wildman–Crippen LogP) is 3.07. The Hall–Kier alpha value is -2.69. The highest BCUT2D eigenvalue weighted by atomic mass is 32.2. The average molecular weight is 487 g/mol. The van der Waals surface area contributed by atoms with E-state index in [-0.39, 0.29) is 17.8 Å². The largest absolute Gasteiger partial charge is 0.491 e. The van der Waals surface area contributed by atoms with E-state index in [0.717, 1.165) is 48.3 Å². The van der Waals surface area contributed by atoms with Crippen molar-refractivity contribution in [3.05, 3.63) is 48.0 Å². The summed E-state index contributed by atoms with van der Waals surface area (Å²) >= 11 is 0. The number of H-pyrrole nitrogens is 1. The highest BCUT2D eigenvalue weighted by molar-refractivity contribution is 7.89. The number of ether oxygens (including phenoxy) is 1. The van der Waals surface area contributed by atoms with Crippen LogP contribution in [0.25, 0.3) is 10.9 Å². The molecule has 4 rings (SSSR count). The molecule has 184 valence electrons. The van der Waals surface area contributed by atoms with Crippen molar-refractivity contribution in [1.29, 1.82) is 0 Å². The Balaban J connectivity index is 1.54. The van der Waals surface area contributed by atoms with Gasteiger partial charge in [-0.05, 0) is 43.5 Å². The number of rotatable bonds is 9. The second kappa shape index (κ2) is 10.3. The number of benzene rings is 1. The van der Waals surface area contributed by atoms with Gasteiger partial charge in [0.15, 0.2) is 11.6 Å². The van der Waals surface area contributed by atoms with Crippen LogP contribution in [0, 0.1) is 0 Å². The number of aromatic amines is 1. The Morgan fingerprint density at radius 2 is 2.12 bits per heavy atom. The summed E-state index contributed by atoms with van der Waals surface area (Å²) in [6.07, 6.45) is 6.35. The maximum absolute atomic E-state index is 11.9. The molecule has 0 aliphatic carbocycles. The van der Waals surface area contributed by atoms with Gasteiger partial charge in [-0.25, -0.2) is 23.1 Å². The molecule has 1 saturated heterocycles. The molecule has 3 heterocycles. The van der Waals surface area contributed by atoms with Crippen LogP contribution in [-0.2, 0) is 16.6 Å². The van der Waals surface area contributed by atoms with Gasteiger partial charge in [-0.15, -0.1) is 0 Å². The molecule has 1 aliphatic heterocycles. The lowest BCUT2D eigenvalue weighted by atomic mass is 9.99. The Kier molecular flexibility index (Phi) is 7.39. The molecule has 10 heteroatoms. The first kappa shape index (κ1) is 24.4. The topological polar surface area (TPSA) is 103 Å². The lowest BCUT2D eigenvalue weighted by Crippen LogP contribution is -2.53. The summed E-state index contributed by atoms with van der Waals surface area (Å²) in [4.78, 5) is 16.8. The van der Waals surface area contributed by atoms with Crippen molar-refractivity contribution in [2.24, 2.45) is 0 Å². The summed E-state index contributed by atoms with van der Waals surface area (Å²) < 4.78 is 31.9. The third-order valence-corrected chi connectivity index (χ3v) is 7.99. The molecular formula is C24H34N6O3S. The number of hydrogen-bond donors (Lipinski definition) is 2. The van der Waals surface area contributed by atoms with Crippen LogP contribution in [0.3, 0.4) is 0 Å². The zero-order valence-corrected chi connectivity index (χ0v) is 21.1. The molecule has 0 amide bonds. The summed E-state index contributed by atoms with van der Waals surface area (Å²) in [6.45, 7) is 9.01. The van der Waals surface area contributed by atoms with Crippen molar-refractivity contribution >= 4 is 26.7 Å². The van der Waals surface area contributed by atoms with Crippen molar-refractivity contribution < 1.29 is 13.2 Å². The number of nitrogens with one attached hydrogen (secondary N) is 2. The van der Waals surface area contributed by atoms with E-state index in [0.29, 0.717) is 12.3 Å². The molecule has 0 spiro atoms. The van der Waals surface area contributed by atoms with Gasteiger partial charge < -0.3 is 14.6 Å². The number of hydrogen-bond acceptors (Lipinski definition) is 7. The zero-order chi connectivity index (χ0) is 24.3. The standard InChI is InChI=1S/C24H34N6O3S/c1-5-22(29-9-10-30(17(3)15-29)24-23(33-4)14-25-16-27-24)20-13-26-21-8-7-18(11-19(20)21)12-28-34(31,32)6-2/h7-8,11,13-14,16-17,22,26,28H,5-6,9-10,12,15H2,1-4H3. The Bertz CT molecular complexity index is 1230. The number of nitrogens with zero attached hydrogens (tertiary/aromatic N) is 4. The molecule has 0 radical (unpaired) electrons. The number of aromatic nitrogens is 3. The van der Waals surface area contributed by atoms with Crippen molar-refractivity contribution in [1.82, 2.24) is 24.6 Å². The molecule has 2 aromatic heterocycles. The van der Waals surface area contributed by atoms with E-state index in [9.17, 15) is 8.42 Å². The fourth-order valence-electron chi connectivity index (χ4n) is 4.80. The fraction of sp³-hybridized carbons (Fsp3) is 0.500. The lowest BCUT2D eigenvalue weighted by Gasteiger charge is -2.43. The molecule has 2 N–H and O–H groups in total. The SMILES string of the molecule is CCC(c1c[nH]c2ccc(CNS(=O)(=O)CC)cc12)N1CCN(c2ncncc2OC)C(C)C1. The summed E-state index contributed by atoms with van der Waals surface area (Å²) in [6, 6.07) is 6.62. The van der Waals surface area contributed by atoms with Crippen LogP contribution in [0.5, 0.6) is 5.75 Å². The number of anilines is 1. The third-order valence-electron chi connectivity index (χ3n) is 6.65. The summed E-state index contributed by atoms with van der Waals surface area (Å²) in [5, 5.41) is 1.15. The second-order valence-corrected chi connectivity index (χ2v) is 10.8. The fourth-order valence-corrected chi connectivity index (χ4v) is 5.39. The molecule has 0 bridgehead atoms. The summed E-state index contributed by atoms with van der Waals surface area (Å²) in [5.74, 6) is 1.61. The van der Waals surface area contributed by atoms with Crippen LogP contribution in [0.15, 0.2) is 36.9 Å². The predicted molar refractivity (Wildman–Crippen MR) is 135 cm³/mol. The molecular weight excluding hydrogens is 452 g/mol. The van der Waals surface area contributed by atoms with Gasteiger partial charge >= 0.3 is 0 Å². The first-order valence-electron chi connectivity index (χ1n) is 11.8. The number of methoxy groups -OCH3 is 1. The molecule has 3 aromatic rings. The van der Waals surface area contributed by atoms with Crippen LogP contribution in [0.2, 0.25) is 0 Å². The van der Waals surface area contributed by atoms with E-state index in [4.69, 9.17) is 4.74 Å². The van der Waals surface area contributed by atoms with Gasteiger partial charge in [-0.1, -0.05) is 13.0 Å². The minimum absolute atomic E-state index is 0.0770. The highest BCUT2D eigenvalue weighted by Gasteiger charge is 2.31. The molecule has 9 nitrogen and oxygen atoms in total. The molecule has 0 saturated carbocycles. The number of sulfonamides is 1. The van der Waals surface area contributed by atoms with Crippen molar-refractivity contribution in [2.45, 2.75) is 45.8 Å². The highest BCUT2D eigenvalue weighted by Crippen LogP contribution is 2.34. The first-order chi connectivity index (χ1) is 16.4. The van der Waals surface area contributed by atoms with Gasteiger partial charge in [0.25, 0.3) is 0 Å². The Labute approximate surface area is 201 Å². The molecule has 1 fully saturated rings. The molecule has 1 aromatic carbocycles. The van der Waals surface area contributed by atoms with Gasteiger partial charge in [0.2, 0.25) is 10.0 Å². The van der Waals surface area contributed by atoms with E-state index in [1.807, 2.05) is 12.1 Å². The van der Waals surface area contributed by atoms with Crippen molar-refractivity contribution in [3.63, 3.8) is 0 Å². The van der Waals surface area contributed by atoms with E-state index >= 15 is 0 Å².